The second-order valence-corrected chi connectivity index (χ2v) is 4.23. The third kappa shape index (κ3) is 3.31. The molecule has 0 aromatic carbocycles. The van der Waals surface area contributed by atoms with Gasteiger partial charge in [-0.15, -0.1) is 0 Å². The molecule has 1 atom stereocenters. The summed E-state index contributed by atoms with van der Waals surface area (Å²) in [5, 5.41) is 9.54. The van der Waals surface area contributed by atoms with Gasteiger partial charge in [0.25, 0.3) is 0 Å². The van der Waals surface area contributed by atoms with Gasteiger partial charge in [-0.1, -0.05) is 31.0 Å². The number of hydrogen-bond donors (Lipinski definition) is 1. The average Bonchev–Trinajstić information content (AvgIpc) is 2.28. The normalized spacial score (nSPS) is 24.2. The van der Waals surface area contributed by atoms with Gasteiger partial charge in [-0.3, -0.25) is 9.69 Å². The molecule has 0 saturated carbocycles. The molecule has 1 heterocycles. The van der Waals surface area contributed by atoms with E-state index >= 15 is 0 Å². The number of nitrogens with zero attached hydrogens (tertiary/aromatic N) is 1. The van der Waals surface area contributed by atoms with Gasteiger partial charge in [0.2, 0.25) is 0 Å². The molecule has 0 spiro atoms. The molecule has 0 bridgehead atoms. The van der Waals surface area contributed by atoms with Gasteiger partial charge in [0, 0.05) is 11.6 Å². The van der Waals surface area contributed by atoms with Crippen molar-refractivity contribution in [3.05, 3.63) is 11.6 Å². The second-order valence-electron chi connectivity index (χ2n) is 3.69. The number of carboxylic acid groups (broad SMARTS) is 1. The lowest BCUT2D eigenvalue weighted by atomic mass is 10.1. The van der Waals surface area contributed by atoms with Crippen LogP contribution in [0.4, 0.5) is 0 Å². The Labute approximate surface area is 89.3 Å². The van der Waals surface area contributed by atoms with Crippen LogP contribution in [0.1, 0.15) is 25.7 Å². The largest absolute Gasteiger partial charge is 0.480 e. The van der Waals surface area contributed by atoms with Crippen molar-refractivity contribution in [1.29, 1.82) is 0 Å². The van der Waals surface area contributed by atoms with E-state index in [1.165, 1.54) is 0 Å². The average molecular weight is 218 g/mol. The zero-order valence-electron chi connectivity index (χ0n) is 8.21. The predicted octanol–water partition coefficient (Wildman–Crippen LogP) is 2.07. The van der Waals surface area contributed by atoms with Crippen molar-refractivity contribution in [2.24, 2.45) is 0 Å². The Bertz CT molecular complexity index is 230. The Morgan fingerprint density at radius 3 is 2.79 bits per heavy atom. The van der Waals surface area contributed by atoms with Crippen LogP contribution < -0.4 is 0 Å². The number of aliphatic carboxylic acids is 1. The summed E-state index contributed by atoms with van der Waals surface area (Å²) in [6, 6.07) is -0.381. The molecule has 1 aliphatic rings. The van der Waals surface area contributed by atoms with E-state index < -0.39 is 5.97 Å². The topological polar surface area (TPSA) is 40.5 Å². The van der Waals surface area contributed by atoms with Crippen LogP contribution in [0.5, 0.6) is 0 Å². The summed E-state index contributed by atoms with van der Waals surface area (Å²) >= 11 is 5.71. The third-order valence-corrected chi connectivity index (χ3v) is 2.64. The molecule has 0 aromatic rings. The van der Waals surface area contributed by atoms with E-state index in [0.717, 1.165) is 32.2 Å². The fourth-order valence-corrected chi connectivity index (χ4v) is 2.01. The fraction of sp³-hybridized carbons (Fsp3) is 0.700. The van der Waals surface area contributed by atoms with Crippen molar-refractivity contribution in [2.75, 3.05) is 13.1 Å². The molecule has 4 heteroatoms. The summed E-state index contributed by atoms with van der Waals surface area (Å²) in [5.74, 6) is -0.746. The maximum atomic E-state index is 11.0. The van der Waals surface area contributed by atoms with E-state index in [4.69, 9.17) is 16.7 Å². The van der Waals surface area contributed by atoms with E-state index in [2.05, 4.69) is 6.58 Å². The number of likely N-dealkylation sites (tertiary alicyclic amines) is 1. The molecule has 0 amide bonds. The molecule has 0 radical (unpaired) electrons. The Morgan fingerprint density at radius 1 is 1.50 bits per heavy atom. The minimum absolute atomic E-state index is 0.381. The SMILES string of the molecule is C=C(Cl)CN1CCCCCC1C(=O)O. The third-order valence-electron chi connectivity index (χ3n) is 2.52. The molecular weight excluding hydrogens is 202 g/mol. The number of carbonyl (C=O) groups is 1. The molecule has 1 fully saturated rings. The first-order chi connectivity index (χ1) is 6.61. The molecule has 3 nitrogen and oxygen atoms in total. The molecule has 1 saturated heterocycles. The molecule has 0 aliphatic carbocycles. The van der Waals surface area contributed by atoms with Crippen molar-refractivity contribution in [2.45, 2.75) is 31.7 Å². The predicted molar refractivity (Wildman–Crippen MR) is 56.5 cm³/mol. The van der Waals surface area contributed by atoms with Gasteiger partial charge in [-0.2, -0.15) is 0 Å². The minimum atomic E-state index is -0.746. The standard InChI is InChI=1S/C10H16ClNO2/c1-8(11)7-12-6-4-2-3-5-9(12)10(13)14/h9H,1-7H2,(H,13,14). The first kappa shape index (κ1) is 11.5. The van der Waals surface area contributed by atoms with Crippen LogP contribution >= 0.6 is 11.6 Å². The van der Waals surface area contributed by atoms with Gasteiger partial charge in [0.15, 0.2) is 0 Å². The van der Waals surface area contributed by atoms with Crippen molar-refractivity contribution >= 4 is 17.6 Å². The Kier molecular flexibility index (Phi) is 4.42. The molecule has 14 heavy (non-hydrogen) atoms. The molecule has 0 aromatic heterocycles. The molecular formula is C10H16ClNO2. The highest BCUT2D eigenvalue weighted by molar-refractivity contribution is 6.29. The number of rotatable bonds is 3. The fourth-order valence-electron chi connectivity index (χ4n) is 1.86. The smallest absolute Gasteiger partial charge is 0.320 e. The first-order valence-electron chi connectivity index (χ1n) is 4.91. The molecule has 1 unspecified atom stereocenters. The van der Waals surface area contributed by atoms with E-state index in [1.807, 2.05) is 4.90 Å². The summed E-state index contributed by atoms with van der Waals surface area (Å²) in [4.78, 5) is 12.9. The lowest BCUT2D eigenvalue weighted by Gasteiger charge is -2.25. The van der Waals surface area contributed by atoms with Gasteiger partial charge in [0.1, 0.15) is 6.04 Å². The van der Waals surface area contributed by atoms with Gasteiger partial charge >= 0.3 is 5.97 Å². The summed E-state index contributed by atoms with van der Waals surface area (Å²) in [5.41, 5.74) is 0. The molecule has 1 rings (SSSR count). The van der Waals surface area contributed by atoms with E-state index in [-0.39, 0.29) is 6.04 Å². The second kappa shape index (κ2) is 5.37. The highest BCUT2D eigenvalue weighted by atomic mass is 35.5. The van der Waals surface area contributed by atoms with Crippen LogP contribution in [0.15, 0.2) is 11.6 Å². The van der Waals surface area contributed by atoms with Crippen LogP contribution in [0.2, 0.25) is 0 Å². The molecule has 80 valence electrons. The number of hydrogen-bond acceptors (Lipinski definition) is 2. The highest BCUT2D eigenvalue weighted by Gasteiger charge is 2.26. The van der Waals surface area contributed by atoms with Crippen molar-refractivity contribution < 1.29 is 9.90 Å². The van der Waals surface area contributed by atoms with Crippen LogP contribution in [-0.4, -0.2) is 35.1 Å². The van der Waals surface area contributed by atoms with Gasteiger partial charge in [-0.05, 0) is 19.4 Å². The maximum Gasteiger partial charge on any atom is 0.320 e. The zero-order chi connectivity index (χ0) is 10.6. The number of halogens is 1. The summed E-state index contributed by atoms with van der Waals surface area (Å²) in [6.45, 7) is 4.90. The zero-order valence-corrected chi connectivity index (χ0v) is 8.96. The van der Waals surface area contributed by atoms with Crippen LogP contribution in [0.25, 0.3) is 0 Å². The highest BCUT2D eigenvalue weighted by Crippen LogP contribution is 2.18. The van der Waals surface area contributed by atoms with Crippen molar-refractivity contribution in [3.63, 3.8) is 0 Å². The molecule has 1 aliphatic heterocycles. The van der Waals surface area contributed by atoms with E-state index in [1.54, 1.807) is 0 Å². The Morgan fingerprint density at radius 2 is 2.21 bits per heavy atom. The summed E-state index contributed by atoms with van der Waals surface area (Å²) in [6.07, 6.45) is 3.87. The summed E-state index contributed by atoms with van der Waals surface area (Å²) < 4.78 is 0. The van der Waals surface area contributed by atoms with Gasteiger partial charge in [0.05, 0.1) is 0 Å². The van der Waals surface area contributed by atoms with Crippen molar-refractivity contribution in [1.82, 2.24) is 4.90 Å². The number of carboxylic acids is 1. The lowest BCUT2D eigenvalue weighted by molar-refractivity contribution is -0.143. The van der Waals surface area contributed by atoms with Crippen LogP contribution in [0, 0.1) is 0 Å². The monoisotopic (exact) mass is 217 g/mol. The Hall–Kier alpha value is -0.540. The molecule has 1 N–H and O–H groups in total. The van der Waals surface area contributed by atoms with Gasteiger partial charge in [-0.25, -0.2) is 0 Å². The summed E-state index contributed by atoms with van der Waals surface area (Å²) in [7, 11) is 0. The van der Waals surface area contributed by atoms with E-state index in [9.17, 15) is 4.79 Å². The van der Waals surface area contributed by atoms with E-state index in [0.29, 0.717) is 11.6 Å². The maximum absolute atomic E-state index is 11.0. The van der Waals surface area contributed by atoms with Crippen LogP contribution in [0.3, 0.4) is 0 Å². The minimum Gasteiger partial charge on any atom is -0.480 e. The lowest BCUT2D eigenvalue weighted by Crippen LogP contribution is -2.41. The van der Waals surface area contributed by atoms with Gasteiger partial charge < -0.3 is 5.11 Å². The quantitative estimate of drug-likeness (QED) is 0.787. The van der Waals surface area contributed by atoms with Crippen molar-refractivity contribution in [3.8, 4) is 0 Å². The first-order valence-corrected chi connectivity index (χ1v) is 5.29. The van der Waals surface area contributed by atoms with Crippen LogP contribution in [-0.2, 0) is 4.79 Å². The Balaban J connectivity index is 2.63.